The van der Waals surface area contributed by atoms with Gasteiger partial charge in [0.1, 0.15) is 12.4 Å². The van der Waals surface area contributed by atoms with Gasteiger partial charge in [-0.25, -0.2) is 0 Å². The third-order valence-electron chi connectivity index (χ3n) is 3.26. The first kappa shape index (κ1) is 22.9. The van der Waals surface area contributed by atoms with E-state index in [1.165, 1.54) is 5.56 Å². The lowest BCUT2D eigenvalue weighted by Gasteiger charge is -2.15. The number of hydrogen-bond acceptors (Lipinski definition) is 4. The van der Waals surface area contributed by atoms with Gasteiger partial charge in [-0.1, -0.05) is 12.1 Å². The Bertz CT molecular complexity index is 484. The van der Waals surface area contributed by atoms with Gasteiger partial charge < -0.3 is 24.8 Å². The minimum atomic E-state index is 0. The summed E-state index contributed by atoms with van der Waals surface area (Å²) < 4.78 is 15.9. The summed E-state index contributed by atoms with van der Waals surface area (Å²) in [7, 11) is 5.13. The Labute approximate surface area is 162 Å². The Balaban J connectivity index is 0.00000529. The van der Waals surface area contributed by atoms with E-state index >= 15 is 0 Å². The molecule has 0 aromatic heterocycles. The fraction of sp³-hybridized carbons (Fsp3) is 0.588. The lowest BCUT2D eigenvalue weighted by molar-refractivity contribution is 0.145. The standard InChI is InChI=1S/C17H29N3O3.HI/c1-14-6-7-15(16(12-14)23-11-10-22-4)13-20-17(18-2)19-8-5-9-21-3;/h6-7,12H,5,8-11,13H2,1-4H3,(H2,18,19,20);1H. The predicted octanol–water partition coefficient (Wildman–Crippen LogP) is 2.34. The normalized spacial score (nSPS) is 10.9. The van der Waals surface area contributed by atoms with Gasteiger partial charge in [-0.05, 0) is 25.0 Å². The number of ether oxygens (including phenoxy) is 3. The lowest BCUT2D eigenvalue weighted by atomic mass is 10.1. The number of hydrogen-bond donors (Lipinski definition) is 2. The smallest absolute Gasteiger partial charge is 0.191 e. The van der Waals surface area contributed by atoms with Crippen LogP contribution in [0.3, 0.4) is 0 Å². The second-order valence-corrected chi connectivity index (χ2v) is 5.15. The van der Waals surface area contributed by atoms with Crippen molar-refractivity contribution in [2.45, 2.75) is 19.9 Å². The van der Waals surface area contributed by atoms with Gasteiger partial charge in [0, 0.05) is 46.5 Å². The summed E-state index contributed by atoms with van der Waals surface area (Å²) in [4.78, 5) is 4.22. The Morgan fingerprint density at radius 3 is 2.50 bits per heavy atom. The molecule has 138 valence electrons. The lowest BCUT2D eigenvalue weighted by Crippen LogP contribution is -2.37. The van der Waals surface area contributed by atoms with Crippen molar-refractivity contribution < 1.29 is 14.2 Å². The molecule has 0 atom stereocenters. The zero-order chi connectivity index (χ0) is 16.9. The van der Waals surface area contributed by atoms with Crippen molar-refractivity contribution in [1.29, 1.82) is 0 Å². The molecule has 0 amide bonds. The maximum Gasteiger partial charge on any atom is 0.191 e. The van der Waals surface area contributed by atoms with E-state index in [4.69, 9.17) is 14.2 Å². The number of benzene rings is 1. The quantitative estimate of drug-likeness (QED) is 0.248. The summed E-state index contributed by atoms with van der Waals surface area (Å²) >= 11 is 0. The number of aliphatic imine (C=N–C) groups is 1. The first-order valence-electron chi connectivity index (χ1n) is 7.86. The van der Waals surface area contributed by atoms with Gasteiger partial charge in [-0.2, -0.15) is 0 Å². The van der Waals surface area contributed by atoms with E-state index in [-0.39, 0.29) is 24.0 Å². The van der Waals surface area contributed by atoms with Crippen molar-refractivity contribution in [1.82, 2.24) is 10.6 Å². The first-order chi connectivity index (χ1) is 11.2. The molecule has 0 saturated heterocycles. The van der Waals surface area contributed by atoms with Crippen LogP contribution in [-0.2, 0) is 16.0 Å². The Morgan fingerprint density at radius 1 is 1.08 bits per heavy atom. The van der Waals surface area contributed by atoms with Crippen molar-refractivity contribution >= 4 is 29.9 Å². The Kier molecular flexibility index (Phi) is 13.7. The number of nitrogens with zero attached hydrogens (tertiary/aromatic N) is 1. The van der Waals surface area contributed by atoms with E-state index in [1.807, 2.05) is 6.07 Å². The van der Waals surface area contributed by atoms with Crippen LogP contribution in [-0.4, -0.2) is 53.6 Å². The van der Waals surface area contributed by atoms with E-state index in [0.717, 1.165) is 36.8 Å². The van der Waals surface area contributed by atoms with Crippen molar-refractivity contribution in [2.24, 2.45) is 4.99 Å². The van der Waals surface area contributed by atoms with Crippen LogP contribution in [0, 0.1) is 6.92 Å². The number of guanidine groups is 1. The fourth-order valence-electron chi connectivity index (χ4n) is 2.00. The molecule has 0 spiro atoms. The third-order valence-corrected chi connectivity index (χ3v) is 3.26. The minimum absolute atomic E-state index is 0. The van der Waals surface area contributed by atoms with Gasteiger partial charge in [-0.3, -0.25) is 4.99 Å². The Morgan fingerprint density at radius 2 is 1.83 bits per heavy atom. The zero-order valence-corrected chi connectivity index (χ0v) is 17.4. The largest absolute Gasteiger partial charge is 0.491 e. The molecular formula is C17H30IN3O3. The molecule has 24 heavy (non-hydrogen) atoms. The van der Waals surface area contributed by atoms with Crippen molar-refractivity contribution in [2.75, 3.05) is 47.6 Å². The number of rotatable bonds is 10. The maximum absolute atomic E-state index is 5.80. The number of methoxy groups -OCH3 is 2. The van der Waals surface area contributed by atoms with Gasteiger partial charge in [0.05, 0.1) is 6.61 Å². The number of aryl methyl sites for hydroxylation is 1. The molecule has 0 fully saturated rings. The fourth-order valence-corrected chi connectivity index (χ4v) is 2.00. The highest BCUT2D eigenvalue weighted by Gasteiger charge is 2.06. The first-order valence-corrected chi connectivity index (χ1v) is 7.86. The Hall–Kier alpha value is -1.06. The summed E-state index contributed by atoms with van der Waals surface area (Å²) in [5, 5.41) is 6.56. The number of nitrogens with one attached hydrogen (secondary N) is 2. The highest BCUT2D eigenvalue weighted by molar-refractivity contribution is 14.0. The second-order valence-electron chi connectivity index (χ2n) is 5.15. The van der Waals surface area contributed by atoms with Crippen LogP contribution in [0.4, 0.5) is 0 Å². The summed E-state index contributed by atoms with van der Waals surface area (Å²) in [5.41, 5.74) is 2.26. The van der Waals surface area contributed by atoms with Crippen LogP contribution >= 0.6 is 24.0 Å². The molecule has 0 aliphatic carbocycles. The predicted molar refractivity (Wildman–Crippen MR) is 109 cm³/mol. The molecule has 2 N–H and O–H groups in total. The van der Waals surface area contributed by atoms with Crippen molar-refractivity contribution in [3.8, 4) is 5.75 Å². The maximum atomic E-state index is 5.80. The summed E-state index contributed by atoms with van der Waals surface area (Å²) in [5.74, 6) is 1.65. The van der Waals surface area contributed by atoms with Gasteiger partial charge in [0.15, 0.2) is 5.96 Å². The van der Waals surface area contributed by atoms with Gasteiger partial charge >= 0.3 is 0 Å². The molecule has 0 aliphatic rings. The molecule has 0 saturated carbocycles. The van der Waals surface area contributed by atoms with Crippen LogP contribution in [0.2, 0.25) is 0 Å². The molecule has 0 aliphatic heterocycles. The molecule has 0 radical (unpaired) electrons. The average Bonchev–Trinajstić information content (AvgIpc) is 2.56. The SMILES string of the molecule is CN=C(NCCCOC)NCc1ccc(C)cc1OCCOC.I. The molecule has 0 bridgehead atoms. The highest BCUT2D eigenvalue weighted by atomic mass is 127. The van der Waals surface area contributed by atoms with Crippen LogP contribution in [0.15, 0.2) is 23.2 Å². The molecule has 0 unspecified atom stereocenters. The summed E-state index contributed by atoms with van der Waals surface area (Å²) in [6.45, 7) is 5.36. The van der Waals surface area contributed by atoms with Crippen LogP contribution < -0.4 is 15.4 Å². The number of halogens is 1. The molecule has 6 nitrogen and oxygen atoms in total. The molecule has 1 aromatic carbocycles. The topological polar surface area (TPSA) is 64.1 Å². The molecule has 1 aromatic rings. The second kappa shape index (κ2) is 14.3. The van der Waals surface area contributed by atoms with E-state index in [1.54, 1.807) is 21.3 Å². The van der Waals surface area contributed by atoms with Gasteiger partial charge in [0.2, 0.25) is 0 Å². The van der Waals surface area contributed by atoms with E-state index in [2.05, 4.69) is 34.7 Å². The zero-order valence-electron chi connectivity index (χ0n) is 15.1. The van der Waals surface area contributed by atoms with Gasteiger partial charge in [-0.15, -0.1) is 24.0 Å². The van der Waals surface area contributed by atoms with E-state index in [0.29, 0.717) is 19.8 Å². The molecule has 0 heterocycles. The molecule has 1 rings (SSSR count). The van der Waals surface area contributed by atoms with Crippen molar-refractivity contribution in [3.05, 3.63) is 29.3 Å². The summed E-state index contributed by atoms with van der Waals surface area (Å²) in [6.07, 6.45) is 0.938. The average molecular weight is 451 g/mol. The van der Waals surface area contributed by atoms with Crippen LogP contribution in [0.25, 0.3) is 0 Å². The molecule has 7 heteroatoms. The van der Waals surface area contributed by atoms with E-state index in [9.17, 15) is 0 Å². The summed E-state index contributed by atoms with van der Waals surface area (Å²) in [6, 6.07) is 6.19. The van der Waals surface area contributed by atoms with Crippen LogP contribution in [0.1, 0.15) is 17.5 Å². The molecular weight excluding hydrogens is 421 g/mol. The highest BCUT2D eigenvalue weighted by Crippen LogP contribution is 2.20. The monoisotopic (exact) mass is 451 g/mol. The van der Waals surface area contributed by atoms with Gasteiger partial charge in [0.25, 0.3) is 0 Å². The minimum Gasteiger partial charge on any atom is -0.491 e. The van der Waals surface area contributed by atoms with Crippen molar-refractivity contribution in [3.63, 3.8) is 0 Å². The van der Waals surface area contributed by atoms with Crippen LogP contribution in [0.5, 0.6) is 5.75 Å². The van der Waals surface area contributed by atoms with E-state index < -0.39 is 0 Å². The third kappa shape index (κ3) is 9.29.